The summed E-state index contributed by atoms with van der Waals surface area (Å²) < 4.78 is 5.47. The van der Waals surface area contributed by atoms with Crippen LogP contribution in [0.4, 0.5) is 0 Å². The summed E-state index contributed by atoms with van der Waals surface area (Å²) in [5.41, 5.74) is 9.82. The third-order valence-corrected chi connectivity index (χ3v) is 6.53. The minimum atomic E-state index is -0.347. The van der Waals surface area contributed by atoms with Crippen LogP contribution in [0.2, 0.25) is 0 Å². The van der Waals surface area contributed by atoms with Crippen molar-refractivity contribution in [1.29, 1.82) is 5.26 Å². The van der Waals surface area contributed by atoms with Crippen LogP contribution >= 0.6 is 11.3 Å². The summed E-state index contributed by atoms with van der Waals surface area (Å²) in [5.74, 6) is 0.254. The number of thiophene rings is 1. The maximum atomic E-state index is 13.0. The zero-order valence-electron chi connectivity index (χ0n) is 15.7. The summed E-state index contributed by atoms with van der Waals surface area (Å²) in [6, 6.07) is 4.44. The zero-order valence-corrected chi connectivity index (χ0v) is 16.6. The number of hydrazine groups is 1. The molecule has 0 saturated carbocycles. The first kappa shape index (κ1) is 18.2. The van der Waals surface area contributed by atoms with Gasteiger partial charge in [-0.25, -0.2) is 5.01 Å². The first-order valence-corrected chi connectivity index (χ1v) is 10.2. The van der Waals surface area contributed by atoms with Gasteiger partial charge in [-0.05, 0) is 38.3 Å². The quantitative estimate of drug-likeness (QED) is 0.844. The Morgan fingerprint density at radius 1 is 1.30 bits per heavy atom. The Labute approximate surface area is 163 Å². The predicted octanol–water partition coefficient (Wildman–Crippen LogP) is 2.71. The van der Waals surface area contributed by atoms with Gasteiger partial charge < -0.3 is 10.5 Å². The van der Waals surface area contributed by atoms with Crippen molar-refractivity contribution < 1.29 is 9.53 Å². The highest BCUT2D eigenvalue weighted by atomic mass is 32.1. The number of ether oxygens (including phenoxy) is 1. The van der Waals surface area contributed by atoms with E-state index >= 15 is 0 Å². The Hall–Kier alpha value is -2.14. The third kappa shape index (κ3) is 2.98. The summed E-state index contributed by atoms with van der Waals surface area (Å²) in [6.45, 7) is 6.75. The molecule has 7 heteroatoms. The fourth-order valence-corrected chi connectivity index (χ4v) is 5.36. The maximum Gasteiger partial charge on any atom is 0.161 e. The number of allylic oxidation sites excluding steroid dienone is 3. The van der Waals surface area contributed by atoms with Crippen LogP contribution in [0.15, 0.2) is 28.7 Å². The smallest absolute Gasteiger partial charge is 0.161 e. The van der Waals surface area contributed by atoms with E-state index in [-0.39, 0.29) is 11.7 Å². The number of nitriles is 1. The Morgan fingerprint density at radius 3 is 2.67 bits per heavy atom. The highest BCUT2D eigenvalue weighted by Crippen LogP contribution is 2.47. The molecule has 1 atom stereocenters. The molecule has 6 nitrogen and oxygen atoms in total. The van der Waals surface area contributed by atoms with Crippen LogP contribution < -0.4 is 5.73 Å². The van der Waals surface area contributed by atoms with Crippen LogP contribution in [0.1, 0.15) is 40.5 Å². The van der Waals surface area contributed by atoms with E-state index in [2.05, 4.69) is 31.0 Å². The molecule has 0 radical (unpaired) electrons. The van der Waals surface area contributed by atoms with Crippen molar-refractivity contribution in [3.63, 3.8) is 0 Å². The van der Waals surface area contributed by atoms with Crippen molar-refractivity contribution in [2.45, 2.75) is 39.0 Å². The molecule has 3 heterocycles. The molecule has 0 spiro atoms. The standard InChI is InChI=1S/C20H24N4O2S/c1-12-10-14(13(2)27-12)18-15(11-21)20(22)24(23-6-8-26-9-7-23)16-4-3-5-17(25)19(16)18/h10,18H,3-9,22H2,1-2H3. The van der Waals surface area contributed by atoms with E-state index in [1.54, 1.807) is 11.3 Å². The summed E-state index contributed by atoms with van der Waals surface area (Å²) in [4.78, 5) is 15.4. The molecule has 0 bridgehead atoms. The van der Waals surface area contributed by atoms with Gasteiger partial charge in [-0.1, -0.05) is 0 Å². The van der Waals surface area contributed by atoms with E-state index in [4.69, 9.17) is 10.5 Å². The number of hydrogen-bond acceptors (Lipinski definition) is 7. The minimum absolute atomic E-state index is 0.142. The minimum Gasteiger partial charge on any atom is -0.383 e. The van der Waals surface area contributed by atoms with Gasteiger partial charge in [0.05, 0.1) is 30.8 Å². The van der Waals surface area contributed by atoms with Crippen LogP contribution in [0.5, 0.6) is 0 Å². The number of morpholine rings is 1. The molecule has 1 aromatic rings. The van der Waals surface area contributed by atoms with Gasteiger partial charge in [0.2, 0.25) is 0 Å². The lowest BCUT2D eigenvalue weighted by molar-refractivity contribution is -0.117. The Kier molecular flexibility index (Phi) is 4.81. The van der Waals surface area contributed by atoms with E-state index in [1.807, 2.05) is 5.01 Å². The number of hydrogen-bond donors (Lipinski definition) is 1. The summed E-state index contributed by atoms with van der Waals surface area (Å²) >= 11 is 1.70. The van der Waals surface area contributed by atoms with Crippen molar-refractivity contribution in [3.05, 3.63) is 44.0 Å². The molecule has 1 fully saturated rings. The van der Waals surface area contributed by atoms with Gasteiger partial charge in [-0.3, -0.25) is 9.80 Å². The van der Waals surface area contributed by atoms with Crippen molar-refractivity contribution in [2.75, 3.05) is 26.3 Å². The number of aryl methyl sites for hydroxylation is 2. The second-order valence-corrected chi connectivity index (χ2v) is 8.69. The molecule has 2 N–H and O–H groups in total. The van der Waals surface area contributed by atoms with Crippen molar-refractivity contribution in [1.82, 2.24) is 10.0 Å². The number of nitrogens with two attached hydrogens (primary N) is 1. The van der Waals surface area contributed by atoms with Gasteiger partial charge in [-0.2, -0.15) is 5.26 Å². The lowest BCUT2D eigenvalue weighted by Crippen LogP contribution is -2.52. The van der Waals surface area contributed by atoms with Gasteiger partial charge in [0.25, 0.3) is 0 Å². The van der Waals surface area contributed by atoms with E-state index in [9.17, 15) is 10.1 Å². The highest BCUT2D eigenvalue weighted by Gasteiger charge is 2.42. The molecule has 4 rings (SSSR count). The number of rotatable bonds is 2. The van der Waals surface area contributed by atoms with Gasteiger partial charge in [0.1, 0.15) is 5.82 Å². The molecule has 0 aromatic carbocycles. The second kappa shape index (κ2) is 7.12. The second-order valence-electron chi connectivity index (χ2n) is 7.23. The molecule has 2 aliphatic heterocycles. The number of Topliss-reactive ketones (excluding diaryl/α,β-unsaturated/α-hetero) is 1. The first-order valence-electron chi connectivity index (χ1n) is 9.38. The fraction of sp³-hybridized carbons (Fsp3) is 0.500. The molecular weight excluding hydrogens is 360 g/mol. The Bertz CT molecular complexity index is 886. The number of nitrogens with zero attached hydrogens (tertiary/aromatic N) is 3. The van der Waals surface area contributed by atoms with Crippen LogP contribution in [0.3, 0.4) is 0 Å². The van der Waals surface area contributed by atoms with Crippen molar-refractivity contribution >= 4 is 17.1 Å². The molecule has 1 aromatic heterocycles. The molecule has 0 amide bonds. The predicted molar refractivity (Wildman–Crippen MR) is 103 cm³/mol. The highest BCUT2D eigenvalue weighted by molar-refractivity contribution is 7.12. The Morgan fingerprint density at radius 2 is 2.04 bits per heavy atom. The summed E-state index contributed by atoms with van der Waals surface area (Å²) in [7, 11) is 0. The molecule has 1 aliphatic carbocycles. The lowest BCUT2D eigenvalue weighted by atomic mass is 9.76. The maximum absolute atomic E-state index is 13.0. The molecule has 3 aliphatic rings. The van der Waals surface area contributed by atoms with Crippen LogP contribution in [0.25, 0.3) is 0 Å². The average molecular weight is 385 g/mol. The lowest BCUT2D eigenvalue weighted by Gasteiger charge is -2.45. The molecular formula is C20H24N4O2S. The fourth-order valence-electron chi connectivity index (χ4n) is 4.39. The number of ketones is 1. The summed E-state index contributed by atoms with van der Waals surface area (Å²) in [5, 5.41) is 14.1. The molecule has 142 valence electrons. The summed E-state index contributed by atoms with van der Waals surface area (Å²) in [6.07, 6.45) is 2.16. The number of carbonyl (C=O) groups is 1. The largest absolute Gasteiger partial charge is 0.383 e. The van der Waals surface area contributed by atoms with Crippen molar-refractivity contribution in [2.24, 2.45) is 5.73 Å². The first-order chi connectivity index (χ1) is 13.0. The van der Waals surface area contributed by atoms with Crippen molar-refractivity contribution in [3.8, 4) is 6.07 Å². The van der Waals surface area contributed by atoms with Gasteiger partial charge in [-0.15, -0.1) is 11.3 Å². The molecule has 27 heavy (non-hydrogen) atoms. The molecule has 1 unspecified atom stereocenters. The third-order valence-electron chi connectivity index (χ3n) is 5.55. The normalized spacial score (nSPS) is 24.3. The average Bonchev–Trinajstić information content (AvgIpc) is 2.99. The Balaban J connectivity index is 1.90. The topological polar surface area (TPSA) is 82.6 Å². The van der Waals surface area contributed by atoms with Crippen LogP contribution in [-0.2, 0) is 9.53 Å². The van der Waals surface area contributed by atoms with Gasteiger partial charge in [0.15, 0.2) is 5.78 Å². The van der Waals surface area contributed by atoms with E-state index in [0.29, 0.717) is 44.1 Å². The zero-order chi connectivity index (χ0) is 19.1. The molecule has 1 saturated heterocycles. The monoisotopic (exact) mass is 384 g/mol. The SMILES string of the molecule is Cc1cc(C2C(C#N)=C(N)N(N3CCOCC3)C3=C2C(=O)CCC3)c(C)s1. The van der Waals surface area contributed by atoms with Gasteiger partial charge in [0, 0.05) is 40.5 Å². The van der Waals surface area contributed by atoms with Crippen LogP contribution in [-0.4, -0.2) is 42.1 Å². The van der Waals surface area contributed by atoms with E-state index in [0.717, 1.165) is 34.6 Å². The van der Waals surface area contributed by atoms with Gasteiger partial charge >= 0.3 is 0 Å². The van der Waals surface area contributed by atoms with Crippen LogP contribution in [0, 0.1) is 25.2 Å². The number of carbonyl (C=O) groups excluding carboxylic acids is 1. The van der Waals surface area contributed by atoms with E-state index in [1.165, 1.54) is 4.88 Å². The van der Waals surface area contributed by atoms with E-state index < -0.39 is 0 Å².